The monoisotopic (exact) mass is 319 g/mol. The average molecular weight is 320 g/mol. The Morgan fingerprint density at radius 2 is 1.68 bits per heavy atom. The van der Waals surface area contributed by atoms with E-state index in [-0.39, 0.29) is 11.3 Å². The molecule has 2 aromatic rings. The van der Waals surface area contributed by atoms with E-state index in [9.17, 15) is 9.59 Å². The summed E-state index contributed by atoms with van der Waals surface area (Å²) in [5, 5.41) is 9.47. The van der Waals surface area contributed by atoms with Crippen LogP contribution in [0.2, 0.25) is 0 Å². The van der Waals surface area contributed by atoms with Crippen molar-refractivity contribution in [1.82, 2.24) is 4.98 Å². The van der Waals surface area contributed by atoms with Crippen molar-refractivity contribution in [1.29, 1.82) is 0 Å². The van der Waals surface area contributed by atoms with Crippen molar-refractivity contribution in [3.8, 4) is 0 Å². The number of hydrogen-bond donors (Lipinski definition) is 1. The van der Waals surface area contributed by atoms with Crippen molar-refractivity contribution in [3.05, 3.63) is 65.0 Å². The second-order valence-electron chi connectivity index (χ2n) is 3.90. The first kappa shape index (κ1) is 13.4. The third kappa shape index (κ3) is 3.06. The van der Waals surface area contributed by atoms with Crippen molar-refractivity contribution in [2.75, 3.05) is 0 Å². The molecule has 1 heterocycles. The number of ketones is 1. The van der Waals surface area contributed by atoms with E-state index in [0.717, 1.165) is 5.56 Å². The zero-order valence-corrected chi connectivity index (χ0v) is 11.4. The van der Waals surface area contributed by atoms with Gasteiger partial charge < -0.3 is 5.11 Å². The van der Waals surface area contributed by atoms with Gasteiger partial charge in [0, 0.05) is 17.1 Å². The summed E-state index contributed by atoms with van der Waals surface area (Å²) >= 11 is 3.30. The molecular weight excluding hydrogens is 310 g/mol. The lowest BCUT2D eigenvalue weighted by atomic mass is 10.1. The summed E-state index contributed by atoms with van der Waals surface area (Å²) in [7, 11) is 0. The van der Waals surface area contributed by atoms with Gasteiger partial charge in [0.15, 0.2) is 0 Å². The Labute approximate surface area is 118 Å². The quantitative estimate of drug-likeness (QED) is 0.695. The Morgan fingerprint density at radius 1 is 1.05 bits per heavy atom. The molecule has 5 heteroatoms. The molecule has 4 nitrogen and oxygen atoms in total. The van der Waals surface area contributed by atoms with Gasteiger partial charge in [0.05, 0.1) is 5.56 Å². The summed E-state index contributed by atoms with van der Waals surface area (Å²) in [4.78, 5) is 26.9. The second kappa shape index (κ2) is 5.75. The van der Waals surface area contributed by atoms with Gasteiger partial charge in [-0.05, 0) is 23.8 Å². The number of pyridine rings is 1. The summed E-state index contributed by atoms with van der Waals surface area (Å²) in [6.45, 7) is 0. The molecule has 1 N–H and O–H groups in total. The van der Waals surface area contributed by atoms with Crippen LogP contribution >= 0.6 is 15.9 Å². The van der Waals surface area contributed by atoms with Gasteiger partial charge in [-0.15, -0.1) is 0 Å². The van der Waals surface area contributed by atoms with E-state index in [1.165, 1.54) is 24.3 Å². The number of aromatic carboxylic acids is 1. The summed E-state index contributed by atoms with van der Waals surface area (Å²) in [6, 6.07) is 9.27. The number of carbonyl (C=O) groups excluding carboxylic acids is 1. The highest BCUT2D eigenvalue weighted by Gasteiger charge is 2.11. The maximum atomic E-state index is 12.1. The van der Waals surface area contributed by atoms with Crippen LogP contribution in [-0.4, -0.2) is 21.8 Å². The van der Waals surface area contributed by atoms with E-state index in [1.807, 2.05) is 6.07 Å². The highest BCUT2D eigenvalue weighted by atomic mass is 79.9. The van der Waals surface area contributed by atoms with Crippen molar-refractivity contribution in [2.45, 2.75) is 5.33 Å². The van der Waals surface area contributed by atoms with Gasteiger partial charge in [-0.3, -0.25) is 9.78 Å². The predicted molar refractivity (Wildman–Crippen MR) is 73.7 cm³/mol. The Kier molecular flexibility index (Phi) is 4.06. The van der Waals surface area contributed by atoms with Crippen LogP contribution in [0.3, 0.4) is 0 Å². The maximum absolute atomic E-state index is 12.1. The molecule has 0 aliphatic rings. The number of carboxylic acids is 1. The normalized spacial score (nSPS) is 10.2. The van der Waals surface area contributed by atoms with Crippen LogP contribution in [0, 0.1) is 0 Å². The van der Waals surface area contributed by atoms with E-state index in [4.69, 9.17) is 5.11 Å². The smallest absolute Gasteiger partial charge is 0.335 e. The molecule has 1 aromatic carbocycles. The van der Waals surface area contributed by atoms with E-state index >= 15 is 0 Å². The Balaban J connectivity index is 2.25. The fourth-order valence-corrected chi connectivity index (χ4v) is 1.88. The highest BCUT2D eigenvalue weighted by molar-refractivity contribution is 9.08. The molecule has 0 fully saturated rings. The highest BCUT2D eigenvalue weighted by Crippen LogP contribution is 2.11. The van der Waals surface area contributed by atoms with Crippen LogP contribution in [-0.2, 0) is 5.33 Å². The third-order valence-electron chi connectivity index (χ3n) is 2.61. The fourth-order valence-electron chi connectivity index (χ4n) is 1.55. The molecule has 0 bridgehead atoms. The number of hydrogen-bond acceptors (Lipinski definition) is 3. The van der Waals surface area contributed by atoms with Crippen LogP contribution < -0.4 is 0 Å². The largest absolute Gasteiger partial charge is 0.478 e. The Hall–Kier alpha value is -2.01. The molecule has 0 aliphatic heterocycles. The molecule has 0 amide bonds. The minimum absolute atomic E-state index is 0.152. The maximum Gasteiger partial charge on any atom is 0.335 e. The molecule has 1 aromatic heterocycles. The van der Waals surface area contributed by atoms with Gasteiger partial charge in [-0.1, -0.05) is 34.1 Å². The number of alkyl halides is 1. The Bertz CT molecular complexity index is 606. The van der Waals surface area contributed by atoms with Crippen LogP contribution in [0.4, 0.5) is 0 Å². The van der Waals surface area contributed by atoms with E-state index in [0.29, 0.717) is 16.6 Å². The first-order chi connectivity index (χ1) is 9.11. The zero-order valence-electron chi connectivity index (χ0n) is 9.84. The van der Waals surface area contributed by atoms with Gasteiger partial charge in [0.1, 0.15) is 5.69 Å². The molecule has 0 spiro atoms. The van der Waals surface area contributed by atoms with Gasteiger partial charge in [-0.25, -0.2) is 4.79 Å². The number of benzene rings is 1. The predicted octanol–water partition coefficient (Wildman–Crippen LogP) is 2.91. The molecule has 0 radical (unpaired) electrons. The van der Waals surface area contributed by atoms with Crippen LogP contribution in [0.25, 0.3) is 0 Å². The number of rotatable bonds is 4. The first-order valence-electron chi connectivity index (χ1n) is 5.51. The second-order valence-corrected chi connectivity index (χ2v) is 4.46. The van der Waals surface area contributed by atoms with Gasteiger partial charge in [0.2, 0.25) is 5.78 Å². The topological polar surface area (TPSA) is 67.3 Å². The number of nitrogens with zero attached hydrogens (tertiary/aromatic N) is 1. The summed E-state index contributed by atoms with van der Waals surface area (Å²) < 4.78 is 0. The summed E-state index contributed by atoms with van der Waals surface area (Å²) in [5.74, 6) is -1.24. The van der Waals surface area contributed by atoms with E-state index < -0.39 is 5.97 Å². The van der Waals surface area contributed by atoms with Crippen molar-refractivity contribution < 1.29 is 14.7 Å². The zero-order chi connectivity index (χ0) is 13.8. The summed E-state index contributed by atoms with van der Waals surface area (Å²) in [5.41, 5.74) is 1.90. The molecule has 19 heavy (non-hydrogen) atoms. The van der Waals surface area contributed by atoms with Crippen LogP contribution in [0.5, 0.6) is 0 Å². The van der Waals surface area contributed by atoms with Gasteiger partial charge in [0.25, 0.3) is 0 Å². The number of halogens is 1. The van der Waals surface area contributed by atoms with Gasteiger partial charge >= 0.3 is 5.97 Å². The van der Waals surface area contributed by atoms with Gasteiger partial charge in [-0.2, -0.15) is 0 Å². The van der Waals surface area contributed by atoms with E-state index in [1.54, 1.807) is 12.3 Å². The molecule has 0 unspecified atom stereocenters. The first-order valence-corrected chi connectivity index (χ1v) is 6.63. The molecule has 0 aliphatic carbocycles. The third-order valence-corrected chi connectivity index (χ3v) is 3.25. The molecule has 0 saturated carbocycles. The number of carboxylic acid groups (broad SMARTS) is 1. The lowest BCUT2D eigenvalue weighted by Gasteiger charge is -2.02. The SMILES string of the molecule is O=C(O)c1ccc(C(=O)c2ccc(CBr)cn2)cc1. The van der Waals surface area contributed by atoms with Crippen molar-refractivity contribution in [2.24, 2.45) is 0 Å². The van der Waals surface area contributed by atoms with E-state index in [2.05, 4.69) is 20.9 Å². The molecule has 96 valence electrons. The average Bonchev–Trinajstić information content (AvgIpc) is 2.46. The van der Waals surface area contributed by atoms with Crippen molar-refractivity contribution in [3.63, 3.8) is 0 Å². The van der Waals surface area contributed by atoms with Crippen LogP contribution in [0.1, 0.15) is 32.0 Å². The summed E-state index contributed by atoms with van der Waals surface area (Å²) in [6.07, 6.45) is 1.63. The number of carbonyl (C=O) groups is 2. The fraction of sp³-hybridized carbons (Fsp3) is 0.0714. The Morgan fingerprint density at radius 3 is 2.16 bits per heavy atom. The molecule has 0 atom stereocenters. The molecule has 2 rings (SSSR count). The minimum atomic E-state index is -1.02. The minimum Gasteiger partial charge on any atom is -0.478 e. The number of aromatic nitrogens is 1. The lowest BCUT2D eigenvalue weighted by Crippen LogP contribution is -2.05. The molecule has 0 saturated heterocycles. The van der Waals surface area contributed by atoms with Crippen molar-refractivity contribution >= 4 is 27.7 Å². The van der Waals surface area contributed by atoms with Crippen LogP contribution in [0.15, 0.2) is 42.6 Å². The molecular formula is C14H10BrNO3. The standard InChI is InChI=1S/C14H10BrNO3/c15-7-9-1-6-12(16-8-9)13(17)10-2-4-11(5-3-10)14(18)19/h1-6,8H,7H2,(H,18,19). The lowest BCUT2D eigenvalue weighted by molar-refractivity contribution is 0.0696.